The van der Waals surface area contributed by atoms with Crippen molar-refractivity contribution in [3.8, 4) is 5.69 Å². The van der Waals surface area contributed by atoms with Crippen molar-refractivity contribution >= 4 is 0 Å². The monoisotopic (exact) mass is 229 g/mol. The second-order valence-corrected chi connectivity index (χ2v) is 4.60. The van der Waals surface area contributed by atoms with Crippen LogP contribution in [0.2, 0.25) is 0 Å². The lowest BCUT2D eigenvalue weighted by Crippen LogP contribution is -2.17. The number of para-hydroxylation sites is 1. The van der Waals surface area contributed by atoms with E-state index >= 15 is 0 Å². The lowest BCUT2D eigenvalue weighted by atomic mass is 10.0. The molecule has 1 aliphatic rings. The molecule has 0 unspecified atom stereocenters. The van der Waals surface area contributed by atoms with E-state index in [2.05, 4.69) is 11.3 Å². The molecule has 17 heavy (non-hydrogen) atoms. The van der Waals surface area contributed by atoms with Crippen LogP contribution in [0.5, 0.6) is 0 Å². The van der Waals surface area contributed by atoms with Crippen molar-refractivity contribution in [3.05, 3.63) is 48.3 Å². The molecule has 88 valence electrons. The molecule has 1 saturated carbocycles. The number of rotatable bonds is 4. The zero-order valence-electron chi connectivity index (χ0n) is 9.54. The van der Waals surface area contributed by atoms with Gasteiger partial charge in [0.25, 0.3) is 0 Å². The molecule has 1 fully saturated rings. The number of nitrogens with zero attached hydrogens (tertiary/aromatic N) is 2. The van der Waals surface area contributed by atoms with Gasteiger partial charge in [-0.2, -0.15) is 5.10 Å². The van der Waals surface area contributed by atoms with E-state index in [1.807, 2.05) is 41.2 Å². The van der Waals surface area contributed by atoms with Crippen molar-refractivity contribution in [2.75, 3.05) is 6.61 Å². The highest BCUT2D eigenvalue weighted by atomic mass is 16.6. The first-order valence-electron chi connectivity index (χ1n) is 5.76. The van der Waals surface area contributed by atoms with Gasteiger partial charge in [-0.15, -0.1) is 0 Å². The Kier molecular flexibility index (Phi) is 2.46. The summed E-state index contributed by atoms with van der Waals surface area (Å²) in [5.41, 5.74) is 2.40. The summed E-state index contributed by atoms with van der Waals surface area (Å²) in [5, 5.41) is 4.40. The molecule has 2 aromatic rings. The third kappa shape index (κ3) is 1.85. The van der Waals surface area contributed by atoms with Gasteiger partial charge in [0, 0.05) is 11.6 Å². The third-order valence-electron chi connectivity index (χ3n) is 3.43. The fourth-order valence-electron chi connectivity index (χ4n) is 2.15. The molecule has 0 saturated heterocycles. The van der Waals surface area contributed by atoms with E-state index in [1.54, 1.807) is 0 Å². The molecule has 0 spiro atoms. The van der Waals surface area contributed by atoms with Crippen molar-refractivity contribution in [1.29, 1.82) is 0 Å². The van der Waals surface area contributed by atoms with Gasteiger partial charge in [0.1, 0.15) is 0 Å². The molecule has 4 nitrogen and oxygen atoms in total. The second-order valence-electron chi connectivity index (χ2n) is 4.60. The maximum atomic E-state index is 5.18. The van der Waals surface area contributed by atoms with Crippen LogP contribution >= 0.6 is 0 Å². The van der Waals surface area contributed by atoms with Gasteiger partial charge in [0.15, 0.2) is 0 Å². The summed E-state index contributed by atoms with van der Waals surface area (Å²) in [5.74, 6) is 5.18. The van der Waals surface area contributed by atoms with Gasteiger partial charge >= 0.3 is 0 Å². The van der Waals surface area contributed by atoms with Crippen molar-refractivity contribution in [1.82, 2.24) is 9.78 Å². The molecule has 0 amide bonds. The number of nitrogens with two attached hydrogens (primary N) is 1. The van der Waals surface area contributed by atoms with Crippen LogP contribution < -0.4 is 5.90 Å². The van der Waals surface area contributed by atoms with Gasteiger partial charge in [-0.05, 0) is 30.5 Å². The number of hydrogen-bond donors (Lipinski definition) is 1. The maximum Gasteiger partial charge on any atom is 0.0777 e. The molecule has 2 N–H and O–H groups in total. The van der Waals surface area contributed by atoms with Crippen LogP contribution in [0.4, 0.5) is 0 Å². The van der Waals surface area contributed by atoms with E-state index in [-0.39, 0.29) is 5.41 Å². The predicted octanol–water partition coefficient (Wildman–Crippen LogP) is 1.79. The molecular weight excluding hydrogens is 214 g/mol. The number of aromatic nitrogens is 2. The average molecular weight is 229 g/mol. The molecule has 0 radical (unpaired) electrons. The summed E-state index contributed by atoms with van der Waals surface area (Å²) in [6.07, 6.45) is 6.25. The smallest absolute Gasteiger partial charge is 0.0777 e. The minimum Gasteiger partial charge on any atom is -0.304 e. The molecule has 3 rings (SSSR count). The molecule has 0 bridgehead atoms. The van der Waals surface area contributed by atoms with Gasteiger partial charge in [0.2, 0.25) is 0 Å². The highest BCUT2D eigenvalue weighted by molar-refractivity contribution is 5.34. The molecular formula is C13H15N3O. The van der Waals surface area contributed by atoms with Crippen LogP contribution in [0.1, 0.15) is 18.4 Å². The van der Waals surface area contributed by atoms with Crippen LogP contribution in [-0.4, -0.2) is 16.4 Å². The Bertz CT molecular complexity index is 502. The van der Waals surface area contributed by atoms with Crippen molar-refractivity contribution in [2.24, 2.45) is 5.90 Å². The Morgan fingerprint density at radius 3 is 2.71 bits per heavy atom. The van der Waals surface area contributed by atoms with E-state index in [1.165, 1.54) is 5.56 Å². The van der Waals surface area contributed by atoms with E-state index in [4.69, 9.17) is 10.7 Å². The molecule has 0 atom stereocenters. The number of benzene rings is 1. The third-order valence-corrected chi connectivity index (χ3v) is 3.43. The fraction of sp³-hybridized carbons (Fsp3) is 0.308. The van der Waals surface area contributed by atoms with Gasteiger partial charge < -0.3 is 4.84 Å². The summed E-state index contributed by atoms with van der Waals surface area (Å²) in [6.45, 7) is 0.577. The first-order chi connectivity index (χ1) is 8.34. The first-order valence-corrected chi connectivity index (χ1v) is 5.76. The second kappa shape index (κ2) is 3.98. The van der Waals surface area contributed by atoms with Gasteiger partial charge in [-0.3, -0.25) is 0 Å². The molecule has 1 aliphatic carbocycles. The zero-order valence-corrected chi connectivity index (χ0v) is 9.54. The van der Waals surface area contributed by atoms with Crippen molar-refractivity contribution < 1.29 is 4.84 Å². The lowest BCUT2D eigenvalue weighted by molar-refractivity contribution is 0.116. The normalized spacial score (nSPS) is 17.0. The van der Waals surface area contributed by atoms with Crippen LogP contribution in [0, 0.1) is 0 Å². The van der Waals surface area contributed by atoms with Gasteiger partial charge in [-0.25, -0.2) is 10.6 Å². The lowest BCUT2D eigenvalue weighted by Gasteiger charge is -2.10. The Hall–Kier alpha value is -1.65. The van der Waals surface area contributed by atoms with Crippen LogP contribution in [0.3, 0.4) is 0 Å². The standard InChI is InChI=1S/C13H15N3O/c14-17-10-13(6-7-13)11-8-15-16(9-11)12-4-2-1-3-5-12/h1-5,8-9H,6-7,10,14H2. The van der Waals surface area contributed by atoms with Crippen LogP contribution in [0.15, 0.2) is 42.7 Å². The number of hydrogen-bond acceptors (Lipinski definition) is 3. The Labute approximate surface area is 100.0 Å². The molecule has 1 aromatic carbocycles. The fourth-order valence-corrected chi connectivity index (χ4v) is 2.15. The first kappa shape index (κ1) is 10.5. The Balaban J connectivity index is 1.89. The summed E-state index contributed by atoms with van der Waals surface area (Å²) < 4.78 is 1.89. The van der Waals surface area contributed by atoms with Gasteiger partial charge in [-0.1, -0.05) is 18.2 Å². The topological polar surface area (TPSA) is 53.1 Å². The Morgan fingerprint density at radius 1 is 1.29 bits per heavy atom. The largest absolute Gasteiger partial charge is 0.304 e. The molecule has 0 aliphatic heterocycles. The van der Waals surface area contributed by atoms with Crippen LogP contribution in [0.25, 0.3) is 5.69 Å². The minimum atomic E-state index is 0.113. The molecule has 1 aromatic heterocycles. The van der Waals surface area contributed by atoms with Crippen LogP contribution in [-0.2, 0) is 10.3 Å². The predicted molar refractivity (Wildman–Crippen MR) is 64.6 cm³/mol. The average Bonchev–Trinajstić information content (AvgIpc) is 2.98. The van der Waals surface area contributed by atoms with E-state index in [0.717, 1.165) is 18.5 Å². The summed E-state index contributed by atoms with van der Waals surface area (Å²) in [6, 6.07) is 10.1. The highest BCUT2D eigenvalue weighted by Crippen LogP contribution is 2.48. The highest BCUT2D eigenvalue weighted by Gasteiger charge is 2.45. The quantitative estimate of drug-likeness (QED) is 0.813. The van der Waals surface area contributed by atoms with Crippen molar-refractivity contribution in [3.63, 3.8) is 0 Å². The van der Waals surface area contributed by atoms with Crippen molar-refractivity contribution in [2.45, 2.75) is 18.3 Å². The van der Waals surface area contributed by atoms with E-state index in [0.29, 0.717) is 6.61 Å². The van der Waals surface area contributed by atoms with E-state index < -0.39 is 0 Å². The summed E-state index contributed by atoms with van der Waals surface area (Å²) in [7, 11) is 0. The minimum absolute atomic E-state index is 0.113. The summed E-state index contributed by atoms with van der Waals surface area (Å²) in [4.78, 5) is 4.80. The maximum absolute atomic E-state index is 5.18. The SMILES string of the molecule is NOCC1(c2cnn(-c3ccccc3)c2)CC1. The summed E-state index contributed by atoms with van der Waals surface area (Å²) >= 11 is 0. The zero-order chi connectivity index (χ0) is 11.7. The van der Waals surface area contributed by atoms with E-state index in [9.17, 15) is 0 Å². The molecule has 1 heterocycles. The molecule has 4 heteroatoms. The Morgan fingerprint density at radius 2 is 2.06 bits per heavy atom. The van der Waals surface area contributed by atoms with Gasteiger partial charge in [0.05, 0.1) is 18.5 Å².